The Morgan fingerprint density at radius 3 is 2.67 bits per heavy atom. The van der Waals surface area contributed by atoms with Crippen LogP contribution in [0.3, 0.4) is 0 Å². The van der Waals surface area contributed by atoms with Gasteiger partial charge in [-0.2, -0.15) is 0 Å². The van der Waals surface area contributed by atoms with Gasteiger partial charge in [0.2, 0.25) is 5.91 Å². The molecule has 0 aliphatic heterocycles. The van der Waals surface area contributed by atoms with Gasteiger partial charge in [-0.1, -0.05) is 42.2 Å². The number of benzene rings is 2. The minimum Gasteiger partial charge on any atom is -0.384 e. The third-order valence-corrected chi connectivity index (χ3v) is 2.88. The lowest BCUT2D eigenvalue weighted by atomic mass is 10.1. The van der Waals surface area contributed by atoms with Gasteiger partial charge < -0.3 is 10.4 Å². The molecule has 21 heavy (non-hydrogen) atoms. The number of carbonyl (C=O) groups is 1. The number of carbonyl (C=O) groups excluding carboxylic acids is 1. The van der Waals surface area contributed by atoms with E-state index in [1.54, 1.807) is 6.07 Å². The second-order valence-electron chi connectivity index (χ2n) is 4.76. The average Bonchev–Trinajstić information content (AvgIpc) is 2.45. The molecule has 106 valence electrons. The van der Waals surface area contributed by atoms with E-state index in [2.05, 4.69) is 17.2 Å². The highest BCUT2D eigenvalue weighted by Gasteiger charge is 2.05. The molecule has 0 aromatic heterocycles. The summed E-state index contributed by atoms with van der Waals surface area (Å²) < 4.78 is 0. The standard InChI is InChI=1S/C18H17NO2/c1-14-10-16(8-5-9-20)12-17(11-14)19-18(21)13-15-6-3-2-4-7-15/h2-4,6-7,10-12,20H,9,13H2,1H3,(H,19,21). The number of rotatable bonds is 3. The monoisotopic (exact) mass is 279 g/mol. The van der Waals surface area contributed by atoms with Crippen LogP contribution in [-0.2, 0) is 11.2 Å². The van der Waals surface area contributed by atoms with Crippen LogP contribution >= 0.6 is 0 Å². The summed E-state index contributed by atoms with van der Waals surface area (Å²) in [6.45, 7) is 1.76. The highest BCUT2D eigenvalue weighted by molar-refractivity contribution is 5.92. The van der Waals surface area contributed by atoms with E-state index in [1.165, 1.54) is 0 Å². The molecular weight excluding hydrogens is 262 g/mol. The second kappa shape index (κ2) is 7.28. The quantitative estimate of drug-likeness (QED) is 0.848. The fourth-order valence-electron chi connectivity index (χ4n) is 2.06. The summed E-state index contributed by atoms with van der Waals surface area (Å²) in [5, 5.41) is 11.6. The number of aliphatic hydroxyl groups is 1. The normalized spacial score (nSPS) is 9.62. The van der Waals surface area contributed by atoms with Crippen molar-refractivity contribution in [2.45, 2.75) is 13.3 Å². The molecule has 0 heterocycles. The summed E-state index contributed by atoms with van der Waals surface area (Å²) in [4.78, 5) is 12.0. The highest BCUT2D eigenvalue weighted by atomic mass is 16.2. The first-order chi connectivity index (χ1) is 10.2. The van der Waals surface area contributed by atoms with Crippen LogP contribution in [0.4, 0.5) is 5.69 Å². The van der Waals surface area contributed by atoms with Crippen molar-refractivity contribution in [2.75, 3.05) is 11.9 Å². The number of aliphatic hydroxyl groups excluding tert-OH is 1. The van der Waals surface area contributed by atoms with Crippen LogP contribution in [0.5, 0.6) is 0 Å². The number of hydrogen-bond donors (Lipinski definition) is 2. The topological polar surface area (TPSA) is 49.3 Å². The maximum absolute atomic E-state index is 12.0. The lowest BCUT2D eigenvalue weighted by Crippen LogP contribution is -2.14. The molecule has 0 unspecified atom stereocenters. The highest BCUT2D eigenvalue weighted by Crippen LogP contribution is 2.14. The summed E-state index contributed by atoms with van der Waals surface area (Å²) in [6, 6.07) is 15.2. The summed E-state index contributed by atoms with van der Waals surface area (Å²) in [7, 11) is 0. The van der Waals surface area contributed by atoms with Crippen LogP contribution in [0, 0.1) is 18.8 Å². The Labute approximate surface area is 124 Å². The molecule has 0 saturated heterocycles. The van der Waals surface area contributed by atoms with Gasteiger partial charge in [-0.05, 0) is 36.2 Å². The van der Waals surface area contributed by atoms with Gasteiger partial charge in [-0.15, -0.1) is 0 Å². The van der Waals surface area contributed by atoms with E-state index in [1.807, 2.05) is 49.4 Å². The lowest BCUT2D eigenvalue weighted by Gasteiger charge is -2.07. The Bertz CT molecular complexity index is 681. The molecule has 3 heteroatoms. The number of anilines is 1. The second-order valence-corrected chi connectivity index (χ2v) is 4.76. The summed E-state index contributed by atoms with van der Waals surface area (Å²) >= 11 is 0. The molecule has 3 nitrogen and oxygen atoms in total. The average molecular weight is 279 g/mol. The number of nitrogens with one attached hydrogen (secondary N) is 1. The van der Waals surface area contributed by atoms with Crippen LogP contribution in [0.1, 0.15) is 16.7 Å². The number of aryl methyl sites for hydroxylation is 1. The third-order valence-electron chi connectivity index (χ3n) is 2.88. The van der Waals surface area contributed by atoms with Crippen molar-refractivity contribution in [1.82, 2.24) is 0 Å². The fraction of sp³-hybridized carbons (Fsp3) is 0.167. The van der Waals surface area contributed by atoms with Crippen LogP contribution in [0.25, 0.3) is 0 Å². The maximum atomic E-state index is 12.0. The zero-order chi connectivity index (χ0) is 15.1. The van der Waals surface area contributed by atoms with Crippen molar-refractivity contribution >= 4 is 11.6 Å². The van der Waals surface area contributed by atoms with Gasteiger partial charge in [0.25, 0.3) is 0 Å². The Morgan fingerprint density at radius 1 is 1.19 bits per heavy atom. The molecule has 1 amide bonds. The molecule has 0 bridgehead atoms. The first kappa shape index (κ1) is 14.8. The predicted molar refractivity (Wildman–Crippen MR) is 83.9 cm³/mol. The van der Waals surface area contributed by atoms with Crippen molar-refractivity contribution in [1.29, 1.82) is 0 Å². The van der Waals surface area contributed by atoms with Crippen LogP contribution in [-0.4, -0.2) is 17.6 Å². The van der Waals surface area contributed by atoms with Gasteiger partial charge in [0.05, 0.1) is 6.42 Å². The first-order valence-corrected chi connectivity index (χ1v) is 6.72. The van der Waals surface area contributed by atoms with E-state index < -0.39 is 0 Å². The summed E-state index contributed by atoms with van der Waals surface area (Å²) in [6.07, 6.45) is 0.340. The van der Waals surface area contributed by atoms with Crippen molar-refractivity contribution < 1.29 is 9.90 Å². The predicted octanol–water partition coefficient (Wildman–Crippen LogP) is 2.52. The molecule has 0 aliphatic carbocycles. The molecule has 0 spiro atoms. The third kappa shape index (κ3) is 4.79. The molecule has 0 saturated carbocycles. The smallest absolute Gasteiger partial charge is 0.228 e. The number of hydrogen-bond acceptors (Lipinski definition) is 2. The minimum absolute atomic E-state index is 0.0622. The van der Waals surface area contributed by atoms with Gasteiger partial charge in [0, 0.05) is 11.3 Å². The van der Waals surface area contributed by atoms with E-state index in [9.17, 15) is 4.79 Å². The molecule has 2 aromatic carbocycles. The first-order valence-electron chi connectivity index (χ1n) is 6.72. The van der Waals surface area contributed by atoms with Gasteiger partial charge in [0.15, 0.2) is 0 Å². The van der Waals surface area contributed by atoms with Gasteiger partial charge >= 0.3 is 0 Å². The largest absolute Gasteiger partial charge is 0.384 e. The van der Waals surface area contributed by atoms with Crippen molar-refractivity contribution in [3.63, 3.8) is 0 Å². The molecule has 2 rings (SSSR count). The Kier molecular flexibility index (Phi) is 5.14. The molecular formula is C18H17NO2. The van der Waals surface area contributed by atoms with Gasteiger partial charge in [-0.25, -0.2) is 0 Å². The molecule has 0 radical (unpaired) electrons. The lowest BCUT2D eigenvalue weighted by molar-refractivity contribution is -0.115. The molecule has 2 aromatic rings. The molecule has 0 aliphatic rings. The maximum Gasteiger partial charge on any atom is 0.228 e. The van der Waals surface area contributed by atoms with Crippen LogP contribution in [0.15, 0.2) is 48.5 Å². The molecule has 0 fully saturated rings. The van der Waals surface area contributed by atoms with Crippen molar-refractivity contribution in [3.8, 4) is 11.8 Å². The zero-order valence-corrected chi connectivity index (χ0v) is 11.9. The van der Waals surface area contributed by atoms with Gasteiger partial charge in [0.1, 0.15) is 6.61 Å². The van der Waals surface area contributed by atoms with Crippen molar-refractivity contribution in [2.24, 2.45) is 0 Å². The molecule has 0 atom stereocenters. The summed E-state index contributed by atoms with van der Waals surface area (Å²) in [5.74, 6) is 5.39. The Balaban J connectivity index is 2.08. The number of amides is 1. The van der Waals surface area contributed by atoms with E-state index in [4.69, 9.17) is 5.11 Å². The van der Waals surface area contributed by atoms with Crippen molar-refractivity contribution in [3.05, 3.63) is 65.2 Å². The van der Waals surface area contributed by atoms with Crippen LogP contribution < -0.4 is 5.32 Å². The minimum atomic E-state index is -0.177. The summed E-state index contributed by atoms with van der Waals surface area (Å²) in [5.41, 5.74) is 3.48. The zero-order valence-electron chi connectivity index (χ0n) is 11.9. The van der Waals surface area contributed by atoms with E-state index in [0.29, 0.717) is 6.42 Å². The fourth-order valence-corrected chi connectivity index (χ4v) is 2.06. The molecule has 2 N–H and O–H groups in total. The Morgan fingerprint density at radius 2 is 1.95 bits per heavy atom. The Hall–Kier alpha value is -2.57. The van der Waals surface area contributed by atoms with E-state index in [-0.39, 0.29) is 12.5 Å². The van der Waals surface area contributed by atoms with E-state index >= 15 is 0 Å². The van der Waals surface area contributed by atoms with Gasteiger partial charge in [-0.3, -0.25) is 4.79 Å². The SMILES string of the molecule is Cc1cc(C#CCO)cc(NC(=O)Cc2ccccc2)c1. The van der Waals surface area contributed by atoms with Crippen LogP contribution in [0.2, 0.25) is 0 Å². The van der Waals surface area contributed by atoms with E-state index in [0.717, 1.165) is 22.4 Å².